The minimum atomic E-state index is -0.287. The third-order valence-corrected chi connectivity index (χ3v) is 5.22. The quantitative estimate of drug-likeness (QED) is 0.655. The monoisotopic (exact) mass is 393 g/mol. The van der Waals surface area contributed by atoms with Crippen molar-refractivity contribution in [1.29, 1.82) is 0 Å². The van der Waals surface area contributed by atoms with E-state index in [0.717, 1.165) is 30.6 Å². The van der Waals surface area contributed by atoms with Gasteiger partial charge in [0.1, 0.15) is 18.2 Å². The largest absolute Gasteiger partial charge is 0.489 e. The average molecular weight is 393 g/mol. The Bertz CT molecular complexity index is 1000. The third kappa shape index (κ3) is 4.42. The number of anilines is 1. The number of aromatic nitrogens is 1. The first-order chi connectivity index (χ1) is 14.1. The van der Waals surface area contributed by atoms with Crippen LogP contribution < -0.4 is 10.1 Å². The van der Waals surface area contributed by atoms with E-state index in [1.54, 1.807) is 12.1 Å². The zero-order valence-corrected chi connectivity index (χ0v) is 16.3. The van der Waals surface area contributed by atoms with Crippen LogP contribution in [0.15, 0.2) is 66.9 Å². The number of carbonyl (C=O) groups excluding carboxylic acids is 1. The molecular weight excluding hydrogens is 369 g/mol. The zero-order chi connectivity index (χ0) is 20.2. The van der Waals surface area contributed by atoms with Crippen molar-refractivity contribution in [2.75, 3.05) is 11.9 Å². The fourth-order valence-corrected chi connectivity index (χ4v) is 3.79. The highest BCUT2D eigenvalue weighted by Gasteiger charge is 2.31. The molecule has 3 aromatic rings. The van der Waals surface area contributed by atoms with Gasteiger partial charge < -0.3 is 19.5 Å². The molecule has 1 aliphatic heterocycles. The molecular formula is C23H24FN3O2. The van der Waals surface area contributed by atoms with E-state index < -0.39 is 0 Å². The van der Waals surface area contributed by atoms with Gasteiger partial charge in [0.05, 0.1) is 6.04 Å². The van der Waals surface area contributed by atoms with Gasteiger partial charge in [-0.2, -0.15) is 0 Å². The summed E-state index contributed by atoms with van der Waals surface area (Å²) in [6.45, 7) is 0.994. The highest BCUT2D eigenvalue weighted by atomic mass is 19.1. The van der Waals surface area contributed by atoms with Gasteiger partial charge in [0, 0.05) is 37.2 Å². The Morgan fingerprint density at radius 1 is 1.17 bits per heavy atom. The molecule has 2 aromatic carbocycles. The molecule has 1 aliphatic rings. The normalized spacial score (nSPS) is 16.1. The Morgan fingerprint density at radius 3 is 2.83 bits per heavy atom. The van der Waals surface area contributed by atoms with Gasteiger partial charge in [0.15, 0.2) is 0 Å². The van der Waals surface area contributed by atoms with E-state index in [2.05, 4.69) is 16.0 Å². The van der Waals surface area contributed by atoms with Gasteiger partial charge in [-0.1, -0.05) is 18.2 Å². The smallest absolute Gasteiger partial charge is 0.322 e. The molecule has 5 nitrogen and oxygen atoms in total. The van der Waals surface area contributed by atoms with Gasteiger partial charge in [-0.15, -0.1) is 0 Å². The van der Waals surface area contributed by atoms with Gasteiger partial charge in [-0.05, 0) is 54.8 Å². The van der Waals surface area contributed by atoms with Gasteiger partial charge in [-0.25, -0.2) is 9.18 Å². The fraction of sp³-hybridized carbons (Fsp3) is 0.261. The summed E-state index contributed by atoms with van der Waals surface area (Å²) in [4.78, 5) is 14.8. The minimum Gasteiger partial charge on any atom is -0.489 e. The van der Waals surface area contributed by atoms with Crippen molar-refractivity contribution in [3.63, 3.8) is 0 Å². The number of likely N-dealkylation sites (tertiary alicyclic amines) is 1. The van der Waals surface area contributed by atoms with Crippen LogP contribution in [0.5, 0.6) is 5.75 Å². The Hall–Kier alpha value is -3.28. The van der Waals surface area contributed by atoms with E-state index in [1.807, 2.05) is 48.5 Å². The number of nitrogens with one attached hydrogen (secondary N) is 1. The van der Waals surface area contributed by atoms with Crippen LogP contribution >= 0.6 is 0 Å². The first-order valence-corrected chi connectivity index (χ1v) is 9.76. The molecule has 1 N–H and O–H groups in total. The lowest BCUT2D eigenvalue weighted by atomic mass is 10.1. The van der Waals surface area contributed by atoms with E-state index in [1.165, 1.54) is 12.1 Å². The predicted octanol–water partition coefficient (Wildman–Crippen LogP) is 5.11. The minimum absolute atomic E-state index is 0.0856. The number of aryl methyl sites for hydroxylation is 1. The first-order valence-electron chi connectivity index (χ1n) is 9.76. The molecule has 6 heteroatoms. The number of ether oxygens (including phenoxy) is 1. The Labute approximate surface area is 169 Å². The fourth-order valence-electron chi connectivity index (χ4n) is 3.79. The van der Waals surface area contributed by atoms with Crippen LogP contribution in [0.25, 0.3) is 0 Å². The Kier molecular flexibility index (Phi) is 5.51. The molecule has 150 valence electrons. The molecule has 1 fully saturated rings. The van der Waals surface area contributed by atoms with Crippen molar-refractivity contribution < 1.29 is 13.9 Å². The molecule has 0 spiro atoms. The van der Waals surface area contributed by atoms with Gasteiger partial charge in [0.2, 0.25) is 0 Å². The molecule has 1 atom stereocenters. The molecule has 1 aromatic heterocycles. The second-order valence-electron chi connectivity index (χ2n) is 7.27. The summed E-state index contributed by atoms with van der Waals surface area (Å²) in [6.07, 6.45) is 3.95. The highest BCUT2D eigenvalue weighted by Crippen LogP contribution is 2.32. The highest BCUT2D eigenvalue weighted by molar-refractivity contribution is 5.90. The molecule has 2 heterocycles. The summed E-state index contributed by atoms with van der Waals surface area (Å²) in [5, 5.41) is 2.98. The SMILES string of the molecule is Cn1cccc1C1CCCN1C(=O)Nc1cccc(OCc2cccc(F)c2)c1. The molecule has 1 unspecified atom stereocenters. The number of nitrogens with zero attached hydrogens (tertiary/aromatic N) is 2. The summed E-state index contributed by atoms with van der Waals surface area (Å²) >= 11 is 0. The maximum Gasteiger partial charge on any atom is 0.322 e. The summed E-state index contributed by atoms with van der Waals surface area (Å²) in [7, 11) is 2.00. The van der Waals surface area contributed by atoms with Gasteiger partial charge in [-0.3, -0.25) is 0 Å². The Morgan fingerprint density at radius 2 is 2.03 bits per heavy atom. The van der Waals surface area contributed by atoms with Gasteiger partial charge >= 0.3 is 6.03 Å². The maximum absolute atomic E-state index is 13.3. The van der Waals surface area contributed by atoms with E-state index in [-0.39, 0.29) is 24.5 Å². The van der Waals surface area contributed by atoms with Crippen LogP contribution in [0.1, 0.15) is 30.1 Å². The van der Waals surface area contributed by atoms with E-state index in [0.29, 0.717) is 11.4 Å². The lowest BCUT2D eigenvalue weighted by molar-refractivity contribution is 0.205. The standard InChI is InChI=1S/C23H24FN3O2/c1-26-12-4-10-21(26)22-11-5-13-27(22)23(28)25-19-8-3-9-20(15-19)29-16-17-6-2-7-18(24)14-17/h2-4,6-10,12,14-15,22H,5,11,13,16H2,1H3,(H,25,28). The maximum atomic E-state index is 13.3. The number of hydrogen-bond acceptors (Lipinski definition) is 2. The van der Waals surface area contributed by atoms with Crippen molar-refractivity contribution in [3.8, 4) is 5.75 Å². The summed E-state index contributed by atoms with van der Waals surface area (Å²) in [5.41, 5.74) is 2.57. The first kappa shape index (κ1) is 19.1. The molecule has 0 saturated carbocycles. The molecule has 1 saturated heterocycles. The molecule has 0 radical (unpaired) electrons. The number of rotatable bonds is 5. The number of urea groups is 1. The molecule has 2 amide bonds. The zero-order valence-electron chi connectivity index (χ0n) is 16.3. The second-order valence-corrected chi connectivity index (χ2v) is 7.27. The number of hydrogen-bond donors (Lipinski definition) is 1. The summed E-state index contributed by atoms with van der Waals surface area (Å²) in [6, 6.07) is 17.6. The van der Waals surface area contributed by atoms with Gasteiger partial charge in [0.25, 0.3) is 0 Å². The topological polar surface area (TPSA) is 46.5 Å². The van der Waals surface area contributed by atoms with Crippen molar-refractivity contribution in [1.82, 2.24) is 9.47 Å². The van der Waals surface area contributed by atoms with Crippen LogP contribution in [0, 0.1) is 5.82 Å². The number of amides is 2. The lowest BCUT2D eigenvalue weighted by Gasteiger charge is -2.25. The molecule has 0 aliphatic carbocycles. The van der Waals surface area contributed by atoms with E-state index in [9.17, 15) is 9.18 Å². The number of benzene rings is 2. The van der Waals surface area contributed by atoms with Crippen LogP contribution in [-0.2, 0) is 13.7 Å². The lowest BCUT2D eigenvalue weighted by Crippen LogP contribution is -2.35. The summed E-state index contributed by atoms with van der Waals surface area (Å²) in [5.74, 6) is 0.331. The van der Waals surface area contributed by atoms with E-state index >= 15 is 0 Å². The molecule has 4 rings (SSSR count). The molecule has 0 bridgehead atoms. The van der Waals surface area contributed by atoms with Crippen molar-refractivity contribution in [2.24, 2.45) is 7.05 Å². The van der Waals surface area contributed by atoms with Crippen LogP contribution in [0.2, 0.25) is 0 Å². The average Bonchev–Trinajstić information content (AvgIpc) is 3.35. The molecule has 29 heavy (non-hydrogen) atoms. The second kappa shape index (κ2) is 8.39. The van der Waals surface area contributed by atoms with E-state index in [4.69, 9.17) is 4.74 Å². The predicted molar refractivity (Wildman–Crippen MR) is 110 cm³/mol. The Balaban J connectivity index is 1.41. The van der Waals surface area contributed by atoms with Crippen molar-refractivity contribution in [2.45, 2.75) is 25.5 Å². The van der Waals surface area contributed by atoms with Crippen LogP contribution in [-0.4, -0.2) is 22.0 Å². The van der Waals surface area contributed by atoms with Crippen LogP contribution in [0.3, 0.4) is 0 Å². The van der Waals surface area contributed by atoms with Crippen molar-refractivity contribution >= 4 is 11.7 Å². The number of carbonyl (C=O) groups is 1. The van der Waals surface area contributed by atoms with Crippen molar-refractivity contribution in [3.05, 3.63) is 83.9 Å². The third-order valence-electron chi connectivity index (χ3n) is 5.22. The number of halogens is 1. The summed E-state index contributed by atoms with van der Waals surface area (Å²) < 4.78 is 21.1. The van der Waals surface area contributed by atoms with Crippen LogP contribution in [0.4, 0.5) is 14.9 Å².